The van der Waals surface area contributed by atoms with E-state index in [1.54, 1.807) is 0 Å². The van der Waals surface area contributed by atoms with Crippen molar-refractivity contribution in [3.05, 3.63) is 0 Å². The van der Waals surface area contributed by atoms with Crippen molar-refractivity contribution in [2.24, 2.45) is 5.92 Å². The molecule has 0 aliphatic rings. The lowest BCUT2D eigenvalue weighted by Gasteiger charge is -2.25. The van der Waals surface area contributed by atoms with E-state index in [4.69, 9.17) is 11.6 Å². The Bertz CT molecular complexity index is 178. The van der Waals surface area contributed by atoms with Gasteiger partial charge in [0.2, 0.25) is 5.91 Å². The highest BCUT2D eigenvalue weighted by Crippen LogP contribution is 2.11. The van der Waals surface area contributed by atoms with Crippen molar-refractivity contribution in [3.63, 3.8) is 0 Å². The Kier molecular flexibility index (Phi) is 6.17. The van der Waals surface area contributed by atoms with Gasteiger partial charge in [-0.05, 0) is 32.6 Å². The van der Waals surface area contributed by atoms with Crippen molar-refractivity contribution in [2.75, 3.05) is 5.88 Å². The topological polar surface area (TPSA) is 29.1 Å². The third-order valence-electron chi connectivity index (χ3n) is 2.15. The molecule has 0 aliphatic heterocycles. The predicted octanol–water partition coefficient (Wildman–Crippen LogP) is 2.95. The maximum Gasteiger partial charge on any atom is 0.220 e. The molecule has 14 heavy (non-hydrogen) atoms. The molecule has 0 saturated heterocycles. The van der Waals surface area contributed by atoms with Crippen LogP contribution in [0.15, 0.2) is 0 Å². The average Bonchev–Trinajstić information content (AvgIpc) is 1.99. The molecule has 0 atom stereocenters. The van der Waals surface area contributed by atoms with Gasteiger partial charge in [-0.1, -0.05) is 13.8 Å². The summed E-state index contributed by atoms with van der Waals surface area (Å²) in [4.78, 5) is 11.5. The average molecular weight is 220 g/mol. The summed E-state index contributed by atoms with van der Waals surface area (Å²) < 4.78 is 0. The van der Waals surface area contributed by atoms with E-state index in [2.05, 4.69) is 19.2 Å². The van der Waals surface area contributed by atoms with Gasteiger partial charge in [-0.15, -0.1) is 11.6 Å². The van der Waals surface area contributed by atoms with Crippen molar-refractivity contribution in [1.29, 1.82) is 0 Å². The molecule has 2 nitrogen and oxygen atoms in total. The second-order valence-corrected chi connectivity index (χ2v) is 5.18. The molecule has 0 bridgehead atoms. The molecule has 0 rings (SSSR count). The molecular weight excluding hydrogens is 198 g/mol. The van der Waals surface area contributed by atoms with Crippen molar-refractivity contribution in [3.8, 4) is 0 Å². The molecule has 0 radical (unpaired) electrons. The van der Waals surface area contributed by atoms with Crippen molar-refractivity contribution in [1.82, 2.24) is 5.32 Å². The van der Waals surface area contributed by atoms with Crippen LogP contribution in [-0.4, -0.2) is 17.3 Å². The zero-order chi connectivity index (χ0) is 11.2. The van der Waals surface area contributed by atoms with E-state index in [9.17, 15) is 4.79 Å². The Balaban J connectivity index is 3.81. The third kappa shape index (κ3) is 7.19. The molecule has 0 aromatic heterocycles. The maximum atomic E-state index is 11.5. The minimum absolute atomic E-state index is 0.133. The van der Waals surface area contributed by atoms with Crippen LogP contribution >= 0.6 is 11.6 Å². The lowest BCUT2D eigenvalue weighted by molar-refractivity contribution is -0.122. The fraction of sp³-hybridized carbons (Fsp3) is 0.909. The Morgan fingerprint density at radius 1 is 1.43 bits per heavy atom. The molecule has 0 spiro atoms. The van der Waals surface area contributed by atoms with Gasteiger partial charge in [0.1, 0.15) is 0 Å². The maximum absolute atomic E-state index is 11.5. The quantitative estimate of drug-likeness (QED) is 0.684. The minimum atomic E-state index is -0.171. The van der Waals surface area contributed by atoms with E-state index < -0.39 is 0 Å². The molecule has 0 fully saturated rings. The van der Waals surface area contributed by atoms with Crippen LogP contribution in [0.1, 0.15) is 47.0 Å². The van der Waals surface area contributed by atoms with Crippen LogP contribution in [0.4, 0.5) is 0 Å². The SMILES string of the molecule is CC(C)CCC(=O)NC(C)(C)CCCl. The third-order valence-corrected chi connectivity index (χ3v) is 2.34. The highest BCUT2D eigenvalue weighted by atomic mass is 35.5. The predicted molar refractivity (Wildman–Crippen MR) is 61.6 cm³/mol. The van der Waals surface area contributed by atoms with Crippen LogP contribution in [0, 0.1) is 5.92 Å². The van der Waals surface area contributed by atoms with Crippen molar-refractivity contribution < 1.29 is 4.79 Å². The van der Waals surface area contributed by atoms with Gasteiger partial charge in [-0.3, -0.25) is 4.79 Å². The van der Waals surface area contributed by atoms with Crippen molar-refractivity contribution >= 4 is 17.5 Å². The molecule has 0 aromatic rings. The number of carbonyl (C=O) groups is 1. The molecule has 0 aromatic carbocycles. The Morgan fingerprint density at radius 3 is 2.43 bits per heavy atom. The van der Waals surface area contributed by atoms with Gasteiger partial charge in [0, 0.05) is 17.8 Å². The second kappa shape index (κ2) is 6.28. The van der Waals surface area contributed by atoms with E-state index in [-0.39, 0.29) is 11.4 Å². The van der Waals surface area contributed by atoms with Crippen LogP contribution in [0.2, 0.25) is 0 Å². The van der Waals surface area contributed by atoms with E-state index >= 15 is 0 Å². The molecular formula is C11H22ClNO. The zero-order valence-corrected chi connectivity index (χ0v) is 10.4. The molecule has 1 amide bonds. The van der Waals surface area contributed by atoms with Crippen LogP contribution in [-0.2, 0) is 4.79 Å². The molecule has 1 N–H and O–H groups in total. The Hall–Kier alpha value is -0.240. The smallest absolute Gasteiger partial charge is 0.220 e. The fourth-order valence-electron chi connectivity index (χ4n) is 1.16. The molecule has 0 aliphatic carbocycles. The molecule has 0 heterocycles. The number of carbonyl (C=O) groups excluding carboxylic acids is 1. The summed E-state index contributed by atoms with van der Waals surface area (Å²) in [5, 5.41) is 2.99. The van der Waals surface area contributed by atoms with Gasteiger partial charge in [-0.2, -0.15) is 0 Å². The van der Waals surface area contributed by atoms with Crippen molar-refractivity contribution in [2.45, 2.75) is 52.5 Å². The zero-order valence-electron chi connectivity index (χ0n) is 9.69. The second-order valence-electron chi connectivity index (χ2n) is 4.80. The summed E-state index contributed by atoms with van der Waals surface area (Å²) in [6, 6.07) is 0. The molecule has 84 valence electrons. The summed E-state index contributed by atoms with van der Waals surface area (Å²) in [6.07, 6.45) is 2.37. The number of hydrogen-bond acceptors (Lipinski definition) is 1. The number of alkyl halides is 1. The Labute approximate surface area is 92.4 Å². The summed E-state index contributed by atoms with van der Waals surface area (Å²) in [5.41, 5.74) is -0.171. The summed E-state index contributed by atoms with van der Waals surface area (Å²) in [6.45, 7) is 8.25. The Morgan fingerprint density at radius 2 is 2.00 bits per heavy atom. The molecule has 3 heteroatoms. The highest BCUT2D eigenvalue weighted by Gasteiger charge is 2.19. The van der Waals surface area contributed by atoms with Gasteiger partial charge < -0.3 is 5.32 Å². The van der Waals surface area contributed by atoms with E-state index in [1.807, 2.05) is 13.8 Å². The number of rotatable bonds is 6. The van der Waals surface area contributed by atoms with E-state index in [1.165, 1.54) is 0 Å². The van der Waals surface area contributed by atoms with Gasteiger partial charge >= 0.3 is 0 Å². The number of amides is 1. The number of hydrogen-bond donors (Lipinski definition) is 1. The first-order chi connectivity index (χ1) is 6.37. The van der Waals surface area contributed by atoms with Gasteiger partial charge in [-0.25, -0.2) is 0 Å². The lowest BCUT2D eigenvalue weighted by Crippen LogP contribution is -2.43. The normalized spacial score (nSPS) is 11.9. The minimum Gasteiger partial charge on any atom is -0.351 e. The molecule has 0 unspecified atom stereocenters. The number of nitrogens with one attached hydrogen (secondary N) is 1. The first-order valence-corrected chi connectivity index (χ1v) is 5.78. The standard InChI is InChI=1S/C11H22ClNO/c1-9(2)5-6-10(14)13-11(3,4)7-8-12/h9H,5-8H2,1-4H3,(H,13,14). The summed E-state index contributed by atoms with van der Waals surface area (Å²) >= 11 is 5.65. The van der Waals surface area contributed by atoms with Gasteiger partial charge in [0.25, 0.3) is 0 Å². The van der Waals surface area contributed by atoms with E-state index in [0.29, 0.717) is 18.2 Å². The van der Waals surface area contributed by atoms with Crippen LogP contribution in [0.3, 0.4) is 0 Å². The number of halogens is 1. The molecule has 0 saturated carbocycles. The largest absolute Gasteiger partial charge is 0.351 e. The monoisotopic (exact) mass is 219 g/mol. The van der Waals surface area contributed by atoms with Crippen LogP contribution in [0.5, 0.6) is 0 Å². The lowest BCUT2D eigenvalue weighted by atomic mass is 10.0. The van der Waals surface area contributed by atoms with Crippen LogP contribution < -0.4 is 5.32 Å². The van der Waals surface area contributed by atoms with Crippen LogP contribution in [0.25, 0.3) is 0 Å². The summed E-state index contributed by atoms with van der Waals surface area (Å²) in [5.74, 6) is 1.29. The van der Waals surface area contributed by atoms with E-state index in [0.717, 1.165) is 12.8 Å². The summed E-state index contributed by atoms with van der Waals surface area (Å²) in [7, 11) is 0. The first kappa shape index (κ1) is 13.8. The highest BCUT2D eigenvalue weighted by molar-refractivity contribution is 6.17. The fourth-order valence-corrected chi connectivity index (χ4v) is 1.63. The first-order valence-electron chi connectivity index (χ1n) is 5.24. The van der Waals surface area contributed by atoms with Gasteiger partial charge in [0.05, 0.1) is 0 Å². The van der Waals surface area contributed by atoms with Gasteiger partial charge in [0.15, 0.2) is 0 Å².